The third kappa shape index (κ3) is 2.74. The van der Waals surface area contributed by atoms with Crippen LogP contribution in [0.25, 0.3) is 33.7 Å². The Hall–Kier alpha value is -3.20. The van der Waals surface area contributed by atoms with Gasteiger partial charge in [0.2, 0.25) is 5.89 Å². The van der Waals surface area contributed by atoms with Crippen LogP contribution in [0, 0.1) is 6.92 Å². The van der Waals surface area contributed by atoms with Gasteiger partial charge in [-0.25, -0.2) is 4.98 Å². The van der Waals surface area contributed by atoms with Crippen LogP contribution >= 0.6 is 0 Å². The van der Waals surface area contributed by atoms with Crippen LogP contribution in [0.4, 0.5) is 0 Å². The fourth-order valence-corrected chi connectivity index (χ4v) is 3.06. The SMILES string of the molecule is CC(=O)c1ccc2oc(-c3cccc(-c4ccccc4)c3C)nc2c1. The van der Waals surface area contributed by atoms with Crippen molar-refractivity contribution in [1.29, 1.82) is 0 Å². The van der Waals surface area contributed by atoms with Crippen LogP contribution in [0.1, 0.15) is 22.8 Å². The second kappa shape index (κ2) is 6.02. The van der Waals surface area contributed by atoms with Gasteiger partial charge in [-0.2, -0.15) is 0 Å². The first kappa shape index (κ1) is 15.3. The van der Waals surface area contributed by atoms with E-state index in [1.165, 1.54) is 0 Å². The average molecular weight is 327 g/mol. The third-order valence-electron chi connectivity index (χ3n) is 4.44. The number of carbonyl (C=O) groups excluding carboxylic acids is 1. The van der Waals surface area contributed by atoms with Crippen molar-refractivity contribution in [3.05, 3.63) is 77.9 Å². The molecule has 0 aliphatic rings. The van der Waals surface area contributed by atoms with Crippen LogP contribution < -0.4 is 0 Å². The predicted octanol–water partition coefficient (Wildman–Crippen LogP) is 5.67. The number of Topliss-reactive ketones (excluding diaryl/α,β-unsaturated/α-hetero) is 1. The molecule has 3 heteroatoms. The number of hydrogen-bond donors (Lipinski definition) is 0. The van der Waals surface area contributed by atoms with E-state index in [4.69, 9.17) is 4.42 Å². The number of benzene rings is 3. The highest BCUT2D eigenvalue weighted by atomic mass is 16.3. The molecule has 0 amide bonds. The number of hydrogen-bond acceptors (Lipinski definition) is 3. The summed E-state index contributed by atoms with van der Waals surface area (Å²) in [6.07, 6.45) is 0. The van der Waals surface area contributed by atoms with E-state index >= 15 is 0 Å². The van der Waals surface area contributed by atoms with Gasteiger partial charge < -0.3 is 4.42 Å². The highest BCUT2D eigenvalue weighted by Crippen LogP contribution is 2.33. The summed E-state index contributed by atoms with van der Waals surface area (Å²) in [7, 11) is 0. The number of ketones is 1. The van der Waals surface area contributed by atoms with Crippen LogP contribution in [0.5, 0.6) is 0 Å². The van der Waals surface area contributed by atoms with Gasteiger partial charge in [0.05, 0.1) is 0 Å². The average Bonchev–Trinajstić information content (AvgIpc) is 3.05. The lowest BCUT2D eigenvalue weighted by molar-refractivity contribution is 0.101. The van der Waals surface area contributed by atoms with Crippen molar-refractivity contribution in [2.24, 2.45) is 0 Å². The van der Waals surface area contributed by atoms with Crippen molar-refractivity contribution >= 4 is 16.9 Å². The molecule has 25 heavy (non-hydrogen) atoms. The van der Waals surface area contributed by atoms with Gasteiger partial charge in [0, 0.05) is 11.1 Å². The Morgan fingerprint density at radius 1 is 0.920 bits per heavy atom. The maximum Gasteiger partial charge on any atom is 0.227 e. The maximum atomic E-state index is 11.6. The molecule has 122 valence electrons. The molecule has 1 heterocycles. The Morgan fingerprint density at radius 3 is 2.44 bits per heavy atom. The topological polar surface area (TPSA) is 43.1 Å². The Balaban J connectivity index is 1.85. The van der Waals surface area contributed by atoms with E-state index in [0.717, 1.165) is 22.3 Å². The second-order valence-corrected chi connectivity index (χ2v) is 6.10. The van der Waals surface area contributed by atoms with Gasteiger partial charge in [-0.05, 0) is 54.8 Å². The summed E-state index contributed by atoms with van der Waals surface area (Å²) in [6.45, 7) is 3.63. The molecule has 0 radical (unpaired) electrons. The van der Waals surface area contributed by atoms with Crippen LogP contribution in [0.2, 0.25) is 0 Å². The molecule has 0 aliphatic heterocycles. The van der Waals surface area contributed by atoms with Crippen molar-refractivity contribution in [1.82, 2.24) is 4.98 Å². The summed E-state index contributed by atoms with van der Waals surface area (Å²) < 4.78 is 5.94. The van der Waals surface area contributed by atoms with Gasteiger partial charge in [-0.15, -0.1) is 0 Å². The number of fused-ring (bicyclic) bond motifs is 1. The zero-order valence-electron chi connectivity index (χ0n) is 14.1. The fourth-order valence-electron chi connectivity index (χ4n) is 3.06. The Kier molecular flexibility index (Phi) is 3.69. The molecule has 0 atom stereocenters. The van der Waals surface area contributed by atoms with Crippen LogP contribution in [-0.4, -0.2) is 10.8 Å². The molecular weight excluding hydrogens is 310 g/mol. The van der Waals surface area contributed by atoms with Gasteiger partial charge >= 0.3 is 0 Å². The second-order valence-electron chi connectivity index (χ2n) is 6.10. The van der Waals surface area contributed by atoms with E-state index < -0.39 is 0 Å². The minimum absolute atomic E-state index is 0.0219. The molecule has 3 aromatic carbocycles. The quantitative estimate of drug-likeness (QED) is 0.455. The standard InChI is InChI=1S/C22H17NO2/c1-14-18(16-7-4-3-5-8-16)9-6-10-19(14)22-23-20-13-17(15(2)24)11-12-21(20)25-22/h3-13H,1-2H3. The summed E-state index contributed by atoms with van der Waals surface area (Å²) in [6, 6.07) is 21.7. The van der Waals surface area contributed by atoms with E-state index in [0.29, 0.717) is 22.6 Å². The Morgan fingerprint density at radius 2 is 1.68 bits per heavy atom. The molecular formula is C22H17NO2. The van der Waals surface area contributed by atoms with E-state index in [2.05, 4.69) is 30.1 Å². The molecule has 4 rings (SSSR count). The Labute approximate surface area is 145 Å². The monoisotopic (exact) mass is 327 g/mol. The molecule has 0 fully saturated rings. The molecule has 0 aliphatic carbocycles. The molecule has 0 saturated carbocycles. The van der Waals surface area contributed by atoms with Crippen molar-refractivity contribution < 1.29 is 9.21 Å². The van der Waals surface area contributed by atoms with Crippen LogP contribution in [0.15, 0.2) is 71.1 Å². The van der Waals surface area contributed by atoms with Crippen molar-refractivity contribution in [2.45, 2.75) is 13.8 Å². The summed E-state index contributed by atoms with van der Waals surface area (Å²) in [4.78, 5) is 16.2. The van der Waals surface area contributed by atoms with Gasteiger partial charge in [-0.1, -0.05) is 42.5 Å². The third-order valence-corrected chi connectivity index (χ3v) is 4.44. The molecule has 0 spiro atoms. The molecule has 0 unspecified atom stereocenters. The van der Waals surface area contributed by atoms with Crippen LogP contribution in [0.3, 0.4) is 0 Å². The molecule has 0 bridgehead atoms. The maximum absolute atomic E-state index is 11.6. The first-order chi connectivity index (χ1) is 12.1. The number of aromatic nitrogens is 1. The molecule has 3 nitrogen and oxygen atoms in total. The zero-order valence-corrected chi connectivity index (χ0v) is 14.1. The summed E-state index contributed by atoms with van der Waals surface area (Å²) in [5.41, 5.74) is 6.43. The van der Waals surface area contributed by atoms with Gasteiger partial charge in [0.15, 0.2) is 11.4 Å². The Bertz CT molecular complexity index is 1080. The molecule has 0 N–H and O–H groups in total. The summed E-state index contributed by atoms with van der Waals surface area (Å²) in [5, 5.41) is 0. The molecule has 4 aromatic rings. The number of nitrogens with zero attached hydrogens (tertiary/aromatic N) is 1. The number of carbonyl (C=O) groups is 1. The lowest BCUT2D eigenvalue weighted by atomic mass is 9.96. The van der Waals surface area contributed by atoms with Crippen LogP contribution in [-0.2, 0) is 0 Å². The van der Waals surface area contributed by atoms with Gasteiger partial charge in [0.25, 0.3) is 0 Å². The van der Waals surface area contributed by atoms with E-state index in [1.54, 1.807) is 25.1 Å². The summed E-state index contributed by atoms with van der Waals surface area (Å²) >= 11 is 0. The number of rotatable bonds is 3. The van der Waals surface area contributed by atoms with Crippen molar-refractivity contribution in [3.63, 3.8) is 0 Å². The predicted molar refractivity (Wildman–Crippen MR) is 99.6 cm³/mol. The lowest BCUT2D eigenvalue weighted by Crippen LogP contribution is -1.90. The minimum Gasteiger partial charge on any atom is -0.436 e. The zero-order chi connectivity index (χ0) is 17.4. The van der Waals surface area contributed by atoms with E-state index in [9.17, 15) is 4.79 Å². The van der Waals surface area contributed by atoms with E-state index in [1.807, 2.05) is 30.3 Å². The number of oxazole rings is 1. The highest BCUT2D eigenvalue weighted by molar-refractivity contribution is 5.97. The first-order valence-electron chi connectivity index (χ1n) is 8.20. The minimum atomic E-state index is 0.0219. The largest absolute Gasteiger partial charge is 0.436 e. The van der Waals surface area contributed by atoms with Gasteiger partial charge in [0.1, 0.15) is 5.52 Å². The lowest BCUT2D eigenvalue weighted by Gasteiger charge is -2.09. The first-order valence-corrected chi connectivity index (χ1v) is 8.20. The highest BCUT2D eigenvalue weighted by Gasteiger charge is 2.14. The molecule has 0 saturated heterocycles. The molecule has 1 aromatic heterocycles. The van der Waals surface area contributed by atoms with Crippen molar-refractivity contribution in [2.75, 3.05) is 0 Å². The van der Waals surface area contributed by atoms with Crippen molar-refractivity contribution in [3.8, 4) is 22.6 Å². The van der Waals surface area contributed by atoms with Gasteiger partial charge in [-0.3, -0.25) is 4.79 Å². The fraction of sp³-hybridized carbons (Fsp3) is 0.0909. The smallest absolute Gasteiger partial charge is 0.227 e. The van der Waals surface area contributed by atoms with E-state index in [-0.39, 0.29) is 5.78 Å². The summed E-state index contributed by atoms with van der Waals surface area (Å²) in [5.74, 6) is 0.597. The normalized spacial score (nSPS) is 11.0.